The quantitative estimate of drug-likeness (QED) is 0.304. The van der Waals surface area contributed by atoms with Gasteiger partial charge in [0.25, 0.3) is 0 Å². The maximum atomic E-state index is 5.71. The van der Waals surface area contributed by atoms with Crippen molar-refractivity contribution in [2.75, 3.05) is 33.3 Å². The number of ether oxygens (including phenoxy) is 1. The molecular weight excluding hydrogens is 495 g/mol. The number of likely N-dealkylation sites (tertiary alicyclic amines) is 1. The van der Waals surface area contributed by atoms with Crippen LogP contribution < -0.4 is 15.4 Å². The Morgan fingerprint density at radius 3 is 2.86 bits per heavy atom. The second-order valence-corrected chi connectivity index (χ2v) is 8.20. The molecule has 3 rings (SSSR count). The molecule has 2 aromatic rings. The first-order chi connectivity index (χ1) is 13.8. The number of nitrogens with zero attached hydrogens (tertiary/aromatic N) is 2. The number of para-hydroxylation sites is 1. The monoisotopic (exact) mass is 528 g/mol. The van der Waals surface area contributed by atoms with Gasteiger partial charge in [-0.3, -0.25) is 9.89 Å². The highest BCUT2D eigenvalue weighted by atomic mass is 127. The SMILES string of the molecule is CCOc1ccccc1CNC(=NC)NCC1CCCN(Cc2cccs2)C1.I. The fourth-order valence-electron chi connectivity index (χ4n) is 3.67. The van der Waals surface area contributed by atoms with E-state index < -0.39 is 0 Å². The van der Waals surface area contributed by atoms with E-state index in [1.54, 1.807) is 0 Å². The first-order valence-corrected chi connectivity index (χ1v) is 11.1. The van der Waals surface area contributed by atoms with Gasteiger partial charge in [0, 0.05) is 43.7 Å². The number of benzene rings is 1. The molecule has 1 fully saturated rings. The Labute approximate surface area is 196 Å². The topological polar surface area (TPSA) is 48.9 Å². The van der Waals surface area contributed by atoms with Gasteiger partial charge in [-0.1, -0.05) is 24.3 Å². The van der Waals surface area contributed by atoms with Crippen LogP contribution in [-0.4, -0.2) is 44.1 Å². The van der Waals surface area contributed by atoms with Crippen LogP contribution in [0.2, 0.25) is 0 Å². The first-order valence-electron chi connectivity index (χ1n) is 10.2. The number of thiophene rings is 1. The Morgan fingerprint density at radius 1 is 1.24 bits per heavy atom. The highest BCUT2D eigenvalue weighted by molar-refractivity contribution is 14.0. The van der Waals surface area contributed by atoms with Gasteiger partial charge in [0.05, 0.1) is 6.61 Å². The van der Waals surface area contributed by atoms with Crippen molar-refractivity contribution in [2.45, 2.75) is 32.9 Å². The van der Waals surface area contributed by atoms with Crippen molar-refractivity contribution >= 4 is 41.3 Å². The van der Waals surface area contributed by atoms with Crippen LogP contribution in [-0.2, 0) is 13.1 Å². The summed E-state index contributed by atoms with van der Waals surface area (Å²) in [5.41, 5.74) is 1.15. The van der Waals surface area contributed by atoms with E-state index in [1.807, 2.05) is 43.5 Å². The third kappa shape index (κ3) is 7.79. The Morgan fingerprint density at radius 2 is 2.10 bits per heavy atom. The molecule has 29 heavy (non-hydrogen) atoms. The van der Waals surface area contributed by atoms with Gasteiger partial charge in [0.15, 0.2) is 5.96 Å². The maximum Gasteiger partial charge on any atom is 0.191 e. The zero-order chi connectivity index (χ0) is 19.6. The van der Waals surface area contributed by atoms with E-state index in [0.717, 1.165) is 36.9 Å². The minimum Gasteiger partial charge on any atom is -0.494 e. The predicted octanol–water partition coefficient (Wildman–Crippen LogP) is 4.34. The molecular formula is C22H33IN4OS. The summed E-state index contributed by atoms with van der Waals surface area (Å²) in [6.45, 7) is 7.77. The van der Waals surface area contributed by atoms with Gasteiger partial charge in [-0.05, 0) is 49.7 Å². The summed E-state index contributed by atoms with van der Waals surface area (Å²) in [6.07, 6.45) is 2.55. The van der Waals surface area contributed by atoms with Gasteiger partial charge >= 0.3 is 0 Å². The van der Waals surface area contributed by atoms with Gasteiger partial charge in [0.2, 0.25) is 0 Å². The van der Waals surface area contributed by atoms with Crippen molar-refractivity contribution in [1.29, 1.82) is 0 Å². The highest BCUT2D eigenvalue weighted by Crippen LogP contribution is 2.20. The largest absolute Gasteiger partial charge is 0.494 e. The number of hydrogen-bond acceptors (Lipinski definition) is 4. The van der Waals surface area contributed by atoms with Gasteiger partial charge < -0.3 is 15.4 Å². The molecule has 1 aromatic heterocycles. The Kier molecular flexibility index (Phi) is 10.8. The molecule has 160 valence electrons. The predicted molar refractivity (Wildman–Crippen MR) is 134 cm³/mol. The lowest BCUT2D eigenvalue weighted by Gasteiger charge is -2.32. The third-order valence-corrected chi connectivity index (χ3v) is 5.92. The lowest BCUT2D eigenvalue weighted by Crippen LogP contribution is -2.44. The molecule has 1 aromatic carbocycles. The van der Waals surface area contributed by atoms with E-state index in [2.05, 4.69) is 44.1 Å². The molecule has 1 aliphatic heterocycles. The number of piperidine rings is 1. The number of guanidine groups is 1. The standard InChI is InChI=1S/C22H32N4OS.HI/c1-3-27-21-11-5-4-9-19(21)15-25-22(23-2)24-14-18-8-6-12-26(16-18)17-20-10-7-13-28-20;/h4-5,7,9-11,13,18H,3,6,8,12,14-17H2,1-2H3,(H2,23,24,25);1H. The second-order valence-electron chi connectivity index (χ2n) is 7.17. The Hall–Kier alpha value is -1.32. The van der Waals surface area contributed by atoms with Crippen LogP contribution in [0.15, 0.2) is 46.8 Å². The molecule has 0 aliphatic carbocycles. The number of hydrogen-bond donors (Lipinski definition) is 2. The van der Waals surface area contributed by atoms with Gasteiger partial charge in [-0.2, -0.15) is 0 Å². The summed E-state index contributed by atoms with van der Waals surface area (Å²) < 4.78 is 5.71. The normalized spacial score (nSPS) is 17.4. The summed E-state index contributed by atoms with van der Waals surface area (Å²) in [5.74, 6) is 2.44. The smallest absolute Gasteiger partial charge is 0.191 e. The van der Waals surface area contributed by atoms with Crippen LogP contribution in [0.4, 0.5) is 0 Å². The average Bonchev–Trinajstić information content (AvgIpc) is 3.23. The molecule has 1 saturated heterocycles. The van der Waals surface area contributed by atoms with Crippen molar-refractivity contribution in [3.8, 4) is 5.75 Å². The first kappa shape index (κ1) is 24.0. The molecule has 2 N–H and O–H groups in total. The molecule has 1 unspecified atom stereocenters. The zero-order valence-corrected chi connectivity index (χ0v) is 20.5. The summed E-state index contributed by atoms with van der Waals surface area (Å²) >= 11 is 1.85. The van der Waals surface area contributed by atoms with Crippen LogP contribution in [0.5, 0.6) is 5.75 Å². The maximum absolute atomic E-state index is 5.71. The van der Waals surface area contributed by atoms with Crippen molar-refractivity contribution in [2.24, 2.45) is 10.9 Å². The van der Waals surface area contributed by atoms with Gasteiger partial charge in [-0.25, -0.2) is 0 Å². The molecule has 0 saturated carbocycles. The van der Waals surface area contributed by atoms with Crippen LogP contribution in [0.3, 0.4) is 0 Å². The van der Waals surface area contributed by atoms with Crippen LogP contribution in [0.25, 0.3) is 0 Å². The lowest BCUT2D eigenvalue weighted by molar-refractivity contribution is 0.169. The number of aliphatic imine (C=N–C) groups is 1. The van der Waals surface area contributed by atoms with Crippen molar-refractivity contribution in [1.82, 2.24) is 15.5 Å². The van der Waals surface area contributed by atoms with Crippen molar-refractivity contribution in [3.05, 3.63) is 52.2 Å². The fourth-order valence-corrected chi connectivity index (χ4v) is 4.42. The molecule has 0 bridgehead atoms. The van der Waals surface area contributed by atoms with Crippen LogP contribution in [0, 0.1) is 5.92 Å². The van der Waals surface area contributed by atoms with Gasteiger partial charge in [0.1, 0.15) is 5.75 Å². The molecule has 1 aliphatic rings. The van der Waals surface area contributed by atoms with Crippen molar-refractivity contribution in [3.63, 3.8) is 0 Å². The number of rotatable bonds is 8. The second kappa shape index (κ2) is 13.1. The number of nitrogens with one attached hydrogen (secondary N) is 2. The van der Waals surface area contributed by atoms with E-state index >= 15 is 0 Å². The van der Waals surface area contributed by atoms with E-state index in [4.69, 9.17) is 4.74 Å². The molecule has 0 spiro atoms. The number of halogens is 1. The minimum atomic E-state index is 0. The fraction of sp³-hybridized carbons (Fsp3) is 0.500. The highest BCUT2D eigenvalue weighted by Gasteiger charge is 2.20. The Bertz CT molecular complexity index is 738. The molecule has 7 heteroatoms. The van der Waals surface area contributed by atoms with Crippen molar-refractivity contribution < 1.29 is 4.74 Å². The van der Waals surface area contributed by atoms with E-state index in [1.165, 1.54) is 24.3 Å². The molecule has 0 amide bonds. The summed E-state index contributed by atoms with van der Waals surface area (Å²) in [4.78, 5) is 8.42. The third-order valence-electron chi connectivity index (χ3n) is 5.06. The Balaban J connectivity index is 0.00000300. The molecule has 0 radical (unpaired) electrons. The summed E-state index contributed by atoms with van der Waals surface area (Å²) in [5, 5.41) is 9.10. The van der Waals surface area contributed by atoms with E-state index in [0.29, 0.717) is 19.1 Å². The van der Waals surface area contributed by atoms with Gasteiger partial charge in [-0.15, -0.1) is 35.3 Å². The molecule has 1 atom stereocenters. The van der Waals surface area contributed by atoms with E-state index in [9.17, 15) is 0 Å². The molecule has 5 nitrogen and oxygen atoms in total. The van der Waals surface area contributed by atoms with E-state index in [-0.39, 0.29) is 24.0 Å². The minimum absolute atomic E-state index is 0. The average molecular weight is 529 g/mol. The van der Waals surface area contributed by atoms with Crippen LogP contribution in [0.1, 0.15) is 30.2 Å². The zero-order valence-electron chi connectivity index (χ0n) is 17.4. The van der Waals surface area contributed by atoms with Crippen LogP contribution >= 0.6 is 35.3 Å². The molecule has 2 heterocycles. The lowest BCUT2D eigenvalue weighted by atomic mass is 9.98. The summed E-state index contributed by atoms with van der Waals surface area (Å²) in [7, 11) is 1.83. The summed E-state index contributed by atoms with van der Waals surface area (Å²) in [6, 6.07) is 12.5.